The molecule has 0 bridgehead atoms. The molecule has 0 unspecified atom stereocenters. The van der Waals surface area contributed by atoms with Crippen molar-refractivity contribution in [1.29, 1.82) is 5.26 Å². The summed E-state index contributed by atoms with van der Waals surface area (Å²) in [6.45, 7) is 2.36. The Balaban J connectivity index is 2.11. The van der Waals surface area contributed by atoms with Gasteiger partial charge in [0.05, 0.1) is 18.2 Å². The molecule has 2 rings (SSSR count). The molecule has 0 spiro atoms. The van der Waals surface area contributed by atoms with E-state index in [1.54, 1.807) is 0 Å². The van der Waals surface area contributed by atoms with Crippen LogP contribution in [0.4, 0.5) is 0 Å². The Morgan fingerprint density at radius 1 is 0.913 bits per heavy atom. The van der Waals surface area contributed by atoms with Crippen molar-refractivity contribution in [3.05, 3.63) is 59.7 Å². The van der Waals surface area contributed by atoms with Gasteiger partial charge in [0.2, 0.25) is 0 Å². The van der Waals surface area contributed by atoms with Gasteiger partial charge < -0.3 is 10.2 Å². The van der Waals surface area contributed by atoms with Crippen LogP contribution in [0.1, 0.15) is 17.5 Å². The van der Waals surface area contributed by atoms with E-state index in [-0.39, 0.29) is 13.2 Å². The van der Waals surface area contributed by atoms with Gasteiger partial charge in [0.1, 0.15) is 0 Å². The molecule has 0 aliphatic heterocycles. The van der Waals surface area contributed by atoms with Crippen LogP contribution in [0.3, 0.4) is 0 Å². The van der Waals surface area contributed by atoms with Crippen LogP contribution in [-0.2, 0) is 6.54 Å². The quantitative estimate of drug-likeness (QED) is 0.785. The number of nitriles is 1. The third kappa shape index (κ3) is 4.90. The van der Waals surface area contributed by atoms with Gasteiger partial charge in [-0.1, -0.05) is 42.5 Å². The van der Waals surface area contributed by atoms with Crippen LogP contribution in [-0.4, -0.2) is 41.4 Å². The maximum absolute atomic E-state index is 9.19. The Morgan fingerprint density at radius 2 is 1.65 bits per heavy atom. The fourth-order valence-corrected chi connectivity index (χ4v) is 2.59. The van der Waals surface area contributed by atoms with E-state index in [4.69, 9.17) is 10.2 Å². The standard InChI is InChI=1S/C19H22N2O2/c20-14-18-4-1-2-5-19(18)17-8-6-16(7-9-17)15-21(11-13-23)10-3-12-22/h1-2,4-9,22-23H,3,10-13,15H2. The first-order valence-corrected chi connectivity index (χ1v) is 7.81. The molecule has 0 aliphatic rings. The number of aliphatic hydroxyl groups excluding tert-OH is 2. The molecule has 0 saturated carbocycles. The Labute approximate surface area is 137 Å². The van der Waals surface area contributed by atoms with E-state index in [1.807, 2.05) is 48.5 Å². The first kappa shape index (κ1) is 17.2. The molecular formula is C19H22N2O2. The molecule has 0 amide bonds. The number of aliphatic hydroxyl groups is 2. The molecule has 0 saturated heterocycles. The van der Waals surface area contributed by atoms with Gasteiger partial charge in [-0.05, 0) is 29.2 Å². The molecule has 0 radical (unpaired) electrons. The number of hydrogen-bond donors (Lipinski definition) is 2. The summed E-state index contributed by atoms with van der Waals surface area (Å²) >= 11 is 0. The number of benzene rings is 2. The number of rotatable bonds is 8. The predicted octanol–water partition coefficient (Wildman–Crippen LogP) is 2.40. The van der Waals surface area contributed by atoms with Gasteiger partial charge in [-0.2, -0.15) is 5.26 Å². The van der Waals surface area contributed by atoms with E-state index in [9.17, 15) is 5.26 Å². The normalized spacial score (nSPS) is 10.7. The lowest BCUT2D eigenvalue weighted by atomic mass is 9.99. The van der Waals surface area contributed by atoms with Gasteiger partial charge in [-0.25, -0.2) is 0 Å². The molecule has 0 aliphatic carbocycles. The monoisotopic (exact) mass is 310 g/mol. The number of nitrogens with zero attached hydrogens (tertiary/aromatic N) is 2. The number of hydrogen-bond acceptors (Lipinski definition) is 4. The van der Waals surface area contributed by atoms with Crippen LogP contribution < -0.4 is 0 Å². The lowest BCUT2D eigenvalue weighted by Gasteiger charge is -2.21. The third-order valence-electron chi connectivity index (χ3n) is 3.77. The average molecular weight is 310 g/mol. The van der Waals surface area contributed by atoms with Crippen LogP contribution in [0, 0.1) is 11.3 Å². The van der Waals surface area contributed by atoms with Crippen LogP contribution in [0.25, 0.3) is 11.1 Å². The molecule has 4 nitrogen and oxygen atoms in total. The van der Waals surface area contributed by atoms with Crippen LogP contribution in [0.2, 0.25) is 0 Å². The summed E-state index contributed by atoms with van der Waals surface area (Å²) in [7, 11) is 0. The lowest BCUT2D eigenvalue weighted by molar-refractivity contribution is 0.174. The lowest BCUT2D eigenvalue weighted by Crippen LogP contribution is -2.28. The molecule has 2 aromatic rings. The minimum Gasteiger partial charge on any atom is -0.396 e. The summed E-state index contributed by atoms with van der Waals surface area (Å²) in [6.07, 6.45) is 0.702. The highest BCUT2D eigenvalue weighted by molar-refractivity contribution is 5.70. The van der Waals surface area contributed by atoms with Gasteiger partial charge in [0.25, 0.3) is 0 Å². The van der Waals surface area contributed by atoms with Crippen molar-refractivity contribution in [3.63, 3.8) is 0 Å². The Bertz CT molecular complexity index is 647. The van der Waals surface area contributed by atoms with Crippen molar-refractivity contribution >= 4 is 0 Å². The maximum Gasteiger partial charge on any atom is 0.0998 e. The fraction of sp³-hybridized carbons (Fsp3) is 0.316. The second-order valence-corrected chi connectivity index (χ2v) is 5.43. The predicted molar refractivity (Wildman–Crippen MR) is 90.7 cm³/mol. The van der Waals surface area contributed by atoms with Gasteiger partial charge in [-0.3, -0.25) is 4.90 Å². The van der Waals surface area contributed by atoms with Crippen molar-refractivity contribution < 1.29 is 10.2 Å². The van der Waals surface area contributed by atoms with E-state index in [2.05, 4.69) is 11.0 Å². The summed E-state index contributed by atoms with van der Waals surface area (Å²) in [4.78, 5) is 2.12. The molecule has 0 fully saturated rings. The first-order chi connectivity index (χ1) is 11.3. The Hall–Kier alpha value is -2.19. The summed E-state index contributed by atoms with van der Waals surface area (Å²) in [5.41, 5.74) is 3.78. The van der Waals surface area contributed by atoms with Gasteiger partial charge in [0, 0.05) is 26.2 Å². The molecule has 2 aromatic carbocycles. The van der Waals surface area contributed by atoms with Crippen LogP contribution >= 0.6 is 0 Å². The Kier molecular flexibility index (Phi) is 6.76. The molecule has 0 atom stereocenters. The van der Waals surface area contributed by atoms with Gasteiger partial charge in [-0.15, -0.1) is 0 Å². The fourth-order valence-electron chi connectivity index (χ4n) is 2.59. The van der Waals surface area contributed by atoms with Crippen molar-refractivity contribution in [3.8, 4) is 17.2 Å². The van der Waals surface area contributed by atoms with Crippen molar-refractivity contribution in [1.82, 2.24) is 4.90 Å². The molecule has 2 N–H and O–H groups in total. The summed E-state index contributed by atoms with van der Waals surface area (Å²) < 4.78 is 0. The minimum absolute atomic E-state index is 0.110. The summed E-state index contributed by atoms with van der Waals surface area (Å²) in [5, 5.41) is 27.3. The highest BCUT2D eigenvalue weighted by Gasteiger charge is 2.07. The highest BCUT2D eigenvalue weighted by atomic mass is 16.3. The van der Waals surface area contributed by atoms with Crippen molar-refractivity contribution in [2.24, 2.45) is 0 Å². The van der Waals surface area contributed by atoms with E-state index in [0.29, 0.717) is 18.5 Å². The molecule has 0 aromatic heterocycles. The minimum atomic E-state index is 0.110. The second kappa shape index (κ2) is 9.06. The van der Waals surface area contributed by atoms with Gasteiger partial charge >= 0.3 is 0 Å². The smallest absolute Gasteiger partial charge is 0.0998 e. The van der Waals surface area contributed by atoms with Crippen LogP contribution in [0.5, 0.6) is 0 Å². The molecule has 4 heteroatoms. The maximum atomic E-state index is 9.19. The highest BCUT2D eigenvalue weighted by Crippen LogP contribution is 2.23. The molecular weight excluding hydrogens is 288 g/mol. The zero-order valence-electron chi connectivity index (χ0n) is 13.2. The van der Waals surface area contributed by atoms with E-state index >= 15 is 0 Å². The largest absolute Gasteiger partial charge is 0.396 e. The van der Waals surface area contributed by atoms with Crippen molar-refractivity contribution in [2.75, 3.05) is 26.3 Å². The molecule has 0 heterocycles. The van der Waals surface area contributed by atoms with Crippen molar-refractivity contribution in [2.45, 2.75) is 13.0 Å². The molecule has 120 valence electrons. The third-order valence-corrected chi connectivity index (χ3v) is 3.77. The zero-order chi connectivity index (χ0) is 16.5. The first-order valence-electron chi connectivity index (χ1n) is 7.81. The second-order valence-electron chi connectivity index (χ2n) is 5.43. The van der Waals surface area contributed by atoms with E-state index < -0.39 is 0 Å². The zero-order valence-corrected chi connectivity index (χ0v) is 13.2. The average Bonchev–Trinajstić information content (AvgIpc) is 2.60. The summed E-state index contributed by atoms with van der Waals surface area (Å²) in [5.74, 6) is 0. The SMILES string of the molecule is N#Cc1ccccc1-c1ccc(CN(CCO)CCCO)cc1. The van der Waals surface area contributed by atoms with Crippen LogP contribution in [0.15, 0.2) is 48.5 Å². The Morgan fingerprint density at radius 3 is 2.30 bits per heavy atom. The molecule has 23 heavy (non-hydrogen) atoms. The topological polar surface area (TPSA) is 67.5 Å². The van der Waals surface area contributed by atoms with Gasteiger partial charge in [0.15, 0.2) is 0 Å². The summed E-state index contributed by atoms with van der Waals surface area (Å²) in [6, 6.07) is 17.9. The van der Waals surface area contributed by atoms with E-state index in [0.717, 1.165) is 29.8 Å². The van der Waals surface area contributed by atoms with E-state index in [1.165, 1.54) is 0 Å².